The minimum absolute atomic E-state index is 0.343. The number of benzene rings is 5. The van der Waals surface area contributed by atoms with Gasteiger partial charge < -0.3 is 20.1 Å². The second-order valence-electron chi connectivity index (χ2n) is 11.6. The highest BCUT2D eigenvalue weighted by atomic mass is 16.5. The molecule has 0 saturated heterocycles. The molecule has 0 saturated carbocycles. The fraction of sp³-hybridized carbons (Fsp3) is 0.158. The average molecular weight is 551 g/mol. The maximum atomic E-state index is 7.04. The highest BCUT2D eigenvalue weighted by molar-refractivity contribution is 5.76. The van der Waals surface area contributed by atoms with Crippen molar-refractivity contribution in [3.8, 4) is 33.8 Å². The average Bonchev–Trinajstić information content (AvgIpc) is 3.20. The van der Waals surface area contributed by atoms with Crippen molar-refractivity contribution < 1.29 is 9.47 Å². The van der Waals surface area contributed by atoms with Crippen molar-refractivity contribution >= 4 is 17.5 Å². The molecule has 0 radical (unpaired) electrons. The Kier molecular flexibility index (Phi) is 6.09. The van der Waals surface area contributed by atoms with E-state index in [1.165, 1.54) is 39.1 Å². The summed E-state index contributed by atoms with van der Waals surface area (Å²) in [6.07, 6.45) is 4.32. The van der Waals surface area contributed by atoms with Gasteiger partial charge in [-0.15, -0.1) is 0 Å². The van der Waals surface area contributed by atoms with Gasteiger partial charge in [0.1, 0.15) is 0 Å². The van der Waals surface area contributed by atoms with Crippen LogP contribution in [0.4, 0.5) is 11.4 Å². The summed E-state index contributed by atoms with van der Waals surface area (Å²) in [5, 5.41) is 0. The van der Waals surface area contributed by atoms with E-state index in [-0.39, 0.29) is 5.41 Å². The molecule has 5 aromatic rings. The van der Waals surface area contributed by atoms with Crippen LogP contribution in [0.5, 0.6) is 11.5 Å². The first-order valence-electron chi connectivity index (χ1n) is 14.4. The first-order valence-corrected chi connectivity index (χ1v) is 14.4. The molecule has 1 atom stereocenters. The van der Waals surface area contributed by atoms with Gasteiger partial charge in [0.15, 0.2) is 11.5 Å². The summed E-state index contributed by atoms with van der Waals surface area (Å²) in [5.74, 6) is 1.36. The normalized spacial score (nSPS) is 17.9. The number of anilines is 2. The zero-order valence-corrected chi connectivity index (χ0v) is 24.2. The highest BCUT2D eigenvalue weighted by Gasteiger charge is 2.59. The van der Waals surface area contributed by atoms with Crippen LogP contribution in [-0.2, 0) is 12.0 Å². The highest BCUT2D eigenvalue weighted by Crippen LogP contribution is 2.56. The summed E-state index contributed by atoms with van der Waals surface area (Å²) >= 11 is 0. The smallest absolute Gasteiger partial charge is 0.212 e. The summed E-state index contributed by atoms with van der Waals surface area (Å²) < 4.78 is 12.8. The molecule has 2 aliphatic rings. The molecule has 4 heteroatoms. The van der Waals surface area contributed by atoms with Gasteiger partial charge in [-0.2, -0.15) is 0 Å². The zero-order chi connectivity index (χ0) is 28.9. The third-order valence-corrected chi connectivity index (χ3v) is 8.86. The lowest BCUT2D eigenvalue weighted by atomic mass is 9.76. The summed E-state index contributed by atoms with van der Waals surface area (Å²) in [7, 11) is 1.66. The Morgan fingerprint density at radius 3 is 2.00 bits per heavy atom. The van der Waals surface area contributed by atoms with Crippen LogP contribution in [0.1, 0.15) is 30.5 Å². The molecule has 4 nitrogen and oxygen atoms in total. The van der Waals surface area contributed by atoms with E-state index < -0.39 is 5.72 Å². The number of hydrogen-bond acceptors (Lipinski definition) is 4. The number of rotatable bonds is 5. The molecular weight excluding hydrogens is 516 g/mol. The molecule has 5 aromatic carbocycles. The summed E-state index contributed by atoms with van der Waals surface area (Å²) in [5.41, 5.74) is 15.1. The van der Waals surface area contributed by atoms with Gasteiger partial charge in [0.05, 0.1) is 12.5 Å². The molecule has 2 aliphatic heterocycles. The molecule has 2 heterocycles. The van der Waals surface area contributed by atoms with Gasteiger partial charge in [0, 0.05) is 29.5 Å². The van der Waals surface area contributed by atoms with E-state index in [1.807, 2.05) is 18.2 Å². The molecule has 2 N–H and O–H groups in total. The molecule has 1 unspecified atom stereocenters. The third-order valence-electron chi connectivity index (χ3n) is 8.86. The second-order valence-corrected chi connectivity index (χ2v) is 11.6. The minimum Gasteiger partial charge on any atom is -0.493 e. The van der Waals surface area contributed by atoms with E-state index in [0.29, 0.717) is 18.0 Å². The van der Waals surface area contributed by atoms with Crippen LogP contribution in [0.2, 0.25) is 0 Å². The maximum Gasteiger partial charge on any atom is 0.212 e. The number of methoxy groups -OCH3 is 1. The molecule has 0 amide bonds. The van der Waals surface area contributed by atoms with Crippen LogP contribution < -0.4 is 20.1 Å². The number of nitrogen functional groups attached to an aromatic ring is 1. The van der Waals surface area contributed by atoms with Gasteiger partial charge in [0.25, 0.3) is 0 Å². The summed E-state index contributed by atoms with van der Waals surface area (Å²) in [6, 6.07) is 40.5. The van der Waals surface area contributed by atoms with Crippen molar-refractivity contribution in [3.05, 3.63) is 138 Å². The van der Waals surface area contributed by atoms with Gasteiger partial charge in [-0.1, -0.05) is 97.1 Å². The number of nitrogens with zero attached hydrogens (tertiary/aromatic N) is 1. The van der Waals surface area contributed by atoms with Gasteiger partial charge in [0.2, 0.25) is 5.72 Å². The van der Waals surface area contributed by atoms with Gasteiger partial charge in [-0.25, -0.2) is 0 Å². The van der Waals surface area contributed by atoms with E-state index in [9.17, 15) is 0 Å². The zero-order valence-electron chi connectivity index (χ0n) is 24.2. The van der Waals surface area contributed by atoms with Crippen LogP contribution in [0.3, 0.4) is 0 Å². The van der Waals surface area contributed by atoms with E-state index in [1.54, 1.807) is 7.11 Å². The largest absolute Gasteiger partial charge is 0.493 e. The molecular formula is C38H34N2O2. The molecule has 208 valence electrons. The Labute approximate surface area is 247 Å². The third kappa shape index (κ3) is 4.06. The van der Waals surface area contributed by atoms with Crippen LogP contribution >= 0.6 is 0 Å². The SMILES string of the molecule is COc1cc(N)cc2c1OC1(C=C2)N(Cc2ccc(-c3ccc(-c4ccccc4)cc3)cc2)c2ccccc2C1(C)C. The molecule has 7 rings (SSSR count). The number of ether oxygens (including phenoxy) is 2. The van der Waals surface area contributed by atoms with Crippen LogP contribution in [-0.4, -0.2) is 12.8 Å². The molecule has 42 heavy (non-hydrogen) atoms. The number of fused-ring (bicyclic) bond motifs is 2. The first-order chi connectivity index (χ1) is 20.4. The van der Waals surface area contributed by atoms with E-state index in [2.05, 4.69) is 128 Å². The van der Waals surface area contributed by atoms with E-state index >= 15 is 0 Å². The fourth-order valence-corrected chi connectivity index (χ4v) is 6.52. The monoisotopic (exact) mass is 550 g/mol. The van der Waals surface area contributed by atoms with Crippen LogP contribution in [0.15, 0.2) is 121 Å². The van der Waals surface area contributed by atoms with Crippen molar-refractivity contribution in [1.29, 1.82) is 0 Å². The first kappa shape index (κ1) is 26.0. The van der Waals surface area contributed by atoms with Gasteiger partial charge >= 0.3 is 0 Å². The minimum atomic E-state index is -0.751. The Balaban J connectivity index is 1.22. The summed E-state index contributed by atoms with van der Waals surface area (Å²) in [4.78, 5) is 2.39. The Morgan fingerprint density at radius 1 is 0.738 bits per heavy atom. The van der Waals surface area contributed by atoms with Crippen molar-refractivity contribution in [2.24, 2.45) is 0 Å². The van der Waals surface area contributed by atoms with Gasteiger partial charge in [-0.3, -0.25) is 0 Å². The molecule has 0 aliphatic carbocycles. The van der Waals surface area contributed by atoms with Crippen molar-refractivity contribution in [3.63, 3.8) is 0 Å². The van der Waals surface area contributed by atoms with Gasteiger partial charge in [-0.05, 0) is 71.5 Å². The number of para-hydroxylation sites is 1. The molecule has 0 aromatic heterocycles. The Morgan fingerprint density at radius 2 is 1.33 bits per heavy atom. The van der Waals surface area contributed by atoms with E-state index in [0.717, 1.165) is 11.3 Å². The fourth-order valence-electron chi connectivity index (χ4n) is 6.52. The van der Waals surface area contributed by atoms with Crippen LogP contribution in [0.25, 0.3) is 28.3 Å². The Hall–Kier alpha value is -4.96. The lowest BCUT2D eigenvalue weighted by molar-refractivity contribution is 0.0493. The quantitative estimate of drug-likeness (QED) is 0.222. The second kappa shape index (κ2) is 9.85. The molecule has 0 bridgehead atoms. The Bertz CT molecular complexity index is 1790. The van der Waals surface area contributed by atoms with Crippen molar-refractivity contribution in [2.75, 3.05) is 17.7 Å². The molecule has 0 fully saturated rings. The summed E-state index contributed by atoms with van der Waals surface area (Å²) in [6.45, 7) is 5.20. The lowest BCUT2D eigenvalue weighted by Crippen LogP contribution is -2.59. The topological polar surface area (TPSA) is 47.7 Å². The standard InChI is InChI=1S/C38H34N2O2/c1-37(2)33-11-7-8-12-34(33)40(38(37)22-21-31-23-32(39)24-35(41-3)36(31)42-38)25-26-13-15-28(16-14-26)30-19-17-29(18-20-30)27-9-5-4-6-10-27/h4-24H,25,39H2,1-3H3. The predicted molar refractivity (Wildman–Crippen MR) is 173 cm³/mol. The predicted octanol–water partition coefficient (Wildman–Crippen LogP) is 8.71. The number of hydrogen-bond donors (Lipinski definition) is 1. The van der Waals surface area contributed by atoms with E-state index in [4.69, 9.17) is 15.2 Å². The molecule has 1 spiro atoms. The van der Waals surface area contributed by atoms with Crippen LogP contribution in [0, 0.1) is 0 Å². The van der Waals surface area contributed by atoms with Crippen molar-refractivity contribution in [1.82, 2.24) is 0 Å². The maximum absolute atomic E-state index is 7.04. The number of nitrogens with two attached hydrogens (primary N) is 1. The lowest BCUT2D eigenvalue weighted by Gasteiger charge is -2.47. The van der Waals surface area contributed by atoms with Crippen molar-refractivity contribution in [2.45, 2.75) is 31.5 Å².